The standard InChI is InChI=1S/C20H23.Hf/c1-12-11-20(6,16(5)13(12)2)19-14(3)17-9-7-8-10-18(17)15(19)4;/h7-10,14H,1-6H3;/q-1;. The van der Waals surface area contributed by atoms with Gasteiger partial charge in [-0.05, 0) is 23.6 Å². The van der Waals surface area contributed by atoms with Crippen LogP contribution in [0.5, 0.6) is 0 Å². The van der Waals surface area contributed by atoms with Crippen LogP contribution < -0.4 is 0 Å². The minimum absolute atomic E-state index is 0. The van der Waals surface area contributed by atoms with E-state index in [-0.39, 0.29) is 31.3 Å². The molecule has 3 rings (SSSR count). The number of hydrogen-bond donors (Lipinski definition) is 0. The first-order valence-corrected chi connectivity index (χ1v) is 7.48. The first-order valence-electron chi connectivity index (χ1n) is 7.48. The first kappa shape index (κ1) is 16.7. The SMILES string of the molecule is CC1=[C-]C(C)(C2=C(C)c3ccccc3C2C)C(C)=C1C.[Hf]. The Morgan fingerprint density at radius 3 is 2.14 bits per heavy atom. The molecule has 0 spiro atoms. The molecule has 0 amide bonds. The zero-order valence-corrected chi connectivity index (χ0v) is 17.5. The summed E-state index contributed by atoms with van der Waals surface area (Å²) in [4.78, 5) is 0. The van der Waals surface area contributed by atoms with Crippen LogP contribution in [0.2, 0.25) is 0 Å². The van der Waals surface area contributed by atoms with E-state index in [0.717, 1.165) is 0 Å². The molecule has 0 saturated carbocycles. The van der Waals surface area contributed by atoms with Gasteiger partial charge in [0.25, 0.3) is 0 Å². The summed E-state index contributed by atoms with van der Waals surface area (Å²) in [7, 11) is 0. The Kier molecular flexibility index (Phi) is 4.37. The predicted molar refractivity (Wildman–Crippen MR) is 86.4 cm³/mol. The molecular formula is C20H23Hf-. The van der Waals surface area contributed by atoms with Crippen molar-refractivity contribution < 1.29 is 25.8 Å². The molecule has 1 heteroatoms. The molecular weight excluding hydrogens is 419 g/mol. The average molecular weight is 442 g/mol. The molecule has 2 atom stereocenters. The number of fused-ring (bicyclic) bond motifs is 1. The third kappa shape index (κ3) is 2.20. The van der Waals surface area contributed by atoms with Gasteiger partial charge in [0.1, 0.15) is 0 Å². The fourth-order valence-corrected chi connectivity index (χ4v) is 4.14. The molecule has 0 N–H and O–H groups in total. The molecule has 0 radical (unpaired) electrons. The van der Waals surface area contributed by atoms with Crippen molar-refractivity contribution in [2.75, 3.05) is 0 Å². The second kappa shape index (κ2) is 5.50. The van der Waals surface area contributed by atoms with Crippen LogP contribution in [0.25, 0.3) is 5.57 Å². The van der Waals surface area contributed by atoms with E-state index in [1.54, 1.807) is 0 Å². The van der Waals surface area contributed by atoms with Gasteiger partial charge >= 0.3 is 0 Å². The summed E-state index contributed by atoms with van der Waals surface area (Å²) in [6.45, 7) is 13.6. The minimum Gasteiger partial charge on any atom is -0.259 e. The van der Waals surface area contributed by atoms with Gasteiger partial charge in [0.15, 0.2) is 0 Å². The molecule has 108 valence electrons. The van der Waals surface area contributed by atoms with E-state index in [1.807, 2.05) is 0 Å². The normalized spacial score (nSPS) is 27.7. The van der Waals surface area contributed by atoms with Gasteiger partial charge in [-0.3, -0.25) is 6.08 Å². The van der Waals surface area contributed by atoms with E-state index in [4.69, 9.17) is 0 Å². The summed E-state index contributed by atoms with van der Waals surface area (Å²) < 4.78 is 0. The molecule has 1 aromatic rings. The van der Waals surface area contributed by atoms with Gasteiger partial charge in [0.05, 0.1) is 0 Å². The van der Waals surface area contributed by atoms with Crippen LogP contribution in [0, 0.1) is 11.5 Å². The second-order valence-electron chi connectivity index (χ2n) is 6.47. The molecule has 21 heavy (non-hydrogen) atoms. The summed E-state index contributed by atoms with van der Waals surface area (Å²) in [6.07, 6.45) is 3.75. The molecule has 2 unspecified atom stereocenters. The number of rotatable bonds is 1. The summed E-state index contributed by atoms with van der Waals surface area (Å²) >= 11 is 0. The van der Waals surface area contributed by atoms with E-state index in [0.29, 0.717) is 5.92 Å². The number of allylic oxidation sites excluding steroid dienone is 6. The van der Waals surface area contributed by atoms with Crippen molar-refractivity contribution in [3.63, 3.8) is 0 Å². The molecule has 0 saturated heterocycles. The predicted octanol–water partition coefficient (Wildman–Crippen LogP) is 5.68. The van der Waals surface area contributed by atoms with Gasteiger partial charge in [0.2, 0.25) is 0 Å². The third-order valence-electron chi connectivity index (χ3n) is 5.52. The van der Waals surface area contributed by atoms with Crippen LogP contribution in [0.3, 0.4) is 0 Å². The van der Waals surface area contributed by atoms with E-state index in [1.165, 1.54) is 39.0 Å². The monoisotopic (exact) mass is 443 g/mol. The second-order valence-corrected chi connectivity index (χ2v) is 6.47. The van der Waals surface area contributed by atoms with Crippen molar-refractivity contribution in [2.45, 2.75) is 47.5 Å². The van der Waals surface area contributed by atoms with Crippen molar-refractivity contribution in [3.8, 4) is 0 Å². The molecule has 0 fully saturated rings. The molecule has 2 aliphatic rings. The quantitative estimate of drug-likeness (QED) is 0.388. The Labute approximate surface area is 147 Å². The van der Waals surface area contributed by atoms with E-state index in [2.05, 4.69) is 71.9 Å². The van der Waals surface area contributed by atoms with Gasteiger partial charge in [-0.1, -0.05) is 62.9 Å². The molecule has 0 bridgehead atoms. The Morgan fingerprint density at radius 1 is 1.00 bits per heavy atom. The minimum atomic E-state index is -0.0311. The Morgan fingerprint density at radius 2 is 1.62 bits per heavy atom. The van der Waals surface area contributed by atoms with E-state index in [9.17, 15) is 0 Å². The van der Waals surface area contributed by atoms with Crippen LogP contribution in [0.4, 0.5) is 0 Å². The fraction of sp³-hybridized carbons (Fsp3) is 0.400. The Balaban J connectivity index is 0.00000161. The van der Waals surface area contributed by atoms with Crippen molar-refractivity contribution in [1.82, 2.24) is 0 Å². The number of hydrogen-bond acceptors (Lipinski definition) is 0. The molecule has 0 heterocycles. The zero-order chi connectivity index (χ0) is 14.7. The van der Waals surface area contributed by atoms with Gasteiger partial charge in [-0.2, -0.15) is 11.1 Å². The maximum Gasteiger partial charge on any atom is 0.00276 e. The average Bonchev–Trinajstić information content (AvgIpc) is 2.79. The first-order chi connectivity index (χ1) is 9.38. The maximum absolute atomic E-state index is 3.75. The summed E-state index contributed by atoms with van der Waals surface area (Å²) in [5.41, 5.74) is 10.0. The number of benzene rings is 1. The fourth-order valence-electron chi connectivity index (χ4n) is 4.14. The van der Waals surface area contributed by atoms with Crippen LogP contribution in [-0.4, -0.2) is 0 Å². The van der Waals surface area contributed by atoms with Gasteiger partial charge in [0, 0.05) is 31.8 Å². The van der Waals surface area contributed by atoms with Crippen LogP contribution in [0.1, 0.15) is 58.6 Å². The van der Waals surface area contributed by atoms with Crippen molar-refractivity contribution in [3.05, 3.63) is 63.8 Å². The van der Waals surface area contributed by atoms with Gasteiger partial charge in [-0.25, -0.2) is 5.57 Å². The Bertz CT molecular complexity index is 688. The van der Waals surface area contributed by atoms with Crippen molar-refractivity contribution >= 4 is 5.57 Å². The topological polar surface area (TPSA) is 0 Å². The smallest absolute Gasteiger partial charge is 0.00276 e. The largest absolute Gasteiger partial charge is 0.259 e. The Hall–Kier alpha value is -0.690. The third-order valence-corrected chi connectivity index (χ3v) is 5.52. The molecule has 0 aliphatic heterocycles. The van der Waals surface area contributed by atoms with Crippen LogP contribution >= 0.6 is 0 Å². The summed E-state index contributed by atoms with van der Waals surface area (Å²) in [6, 6.07) is 8.83. The van der Waals surface area contributed by atoms with Gasteiger partial charge in [-0.15, -0.1) is 6.92 Å². The molecule has 0 aromatic heterocycles. The van der Waals surface area contributed by atoms with Crippen LogP contribution in [-0.2, 0) is 25.8 Å². The van der Waals surface area contributed by atoms with Gasteiger partial charge < -0.3 is 0 Å². The van der Waals surface area contributed by atoms with E-state index >= 15 is 0 Å². The molecule has 2 aliphatic carbocycles. The zero-order valence-electron chi connectivity index (χ0n) is 13.9. The van der Waals surface area contributed by atoms with Crippen molar-refractivity contribution in [1.29, 1.82) is 0 Å². The molecule has 1 aromatic carbocycles. The maximum atomic E-state index is 3.75. The molecule has 0 nitrogen and oxygen atoms in total. The summed E-state index contributed by atoms with van der Waals surface area (Å²) in [5.74, 6) is 0.484. The van der Waals surface area contributed by atoms with E-state index < -0.39 is 0 Å². The van der Waals surface area contributed by atoms with Crippen LogP contribution in [0.15, 0.2) is 46.6 Å². The summed E-state index contributed by atoms with van der Waals surface area (Å²) in [5, 5.41) is 0. The van der Waals surface area contributed by atoms with Crippen molar-refractivity contribution in [2.24, 2.45) is 5.41 Å².